The fraction of sp³-hybridized carbons (Fsp3) is 0.300. The first-order valence-electron chi connectivity index (χ1n) is 9.59. The summed E-state index contributed by atoms with van der Waals surface area (Å²) in [6.07, 6.45) is 4.63. The Labute approximate surface area is 170 Å². The third kappa shape index (κ3) is 3.93. The van der Waals surface area contributed by atoms with Crippen LogP contribution in [0.2, 0.25) is 0 Å². The van der Waals surface area contributed by atoms with Gasteiger partial charge in [0, 0.05) is 37.6 Å². The van der Waals surface area contributed by atoms with Crippen LogP contribution in [0.15, 0.2) is 36.7 Å². The number of benzene rings is 1. The number of hydrogen-bond acceptors (Lipinski definition) is 4. The molecule has 0 atom stereocenters. The number of rotatable bonds is 6. The molecule has 2 N–H and O–H groups in total. The van der Waals surface area contributed by atoms with Crippen LogP contribution in [0.5, 0.6) is 0 Å². The van der Waals surface area contributed by atoms with Crippen LogP contribution >= 0.6 is 0 Å². The zero-order valence-electron chi connectivity index (χ0n) is 16.1. The van der Waals surface area contributed by atoms with E-state index in [0.29, 0.717) is 25.2 Å². The molecule has 0 radical (unpaired) electrons. The molecule has 0 saturated heterocycles. The number of aromatic amines is 1. The number of carbonyl (C=O) groups excluding carboxylic acids is 2. The van der Waals surface area contributed by atoms with Crippen LogP contribution in [0.1, 0.15) is 38.5 Å². The van der Waals surface area contributed by atoms with Crippen LogP contribution in [0.4, 0.5) is 8.78 Å². The Morgan fingerprint density at radius 2 is 2.00 bits per heavy atom. The van der Waals surface area contributed by atoms with E-state index in [-0.39, 0.29) is 24.7 Å². The summed E-state index contributed by atoms with van der Waals surface area (Å²) in [5, 5.41) is 13.8. The van der Waals surface area contributed by atoms with Crippen molar-refractivity contribution in [3.8, 4) is 0 Å². The number of carbonyl (C=O) groups is 2. The second-order valence-electron chi connectivity index (χ2n) is 6.98. The van der Waals surface area contributed by atoms with Crippen LogP contribution < -0.4 is 5.32 Å². The van der Waals surface area contributed by atoms with Crippen molar-refractivity contribution in [1.29, 1.82) is 0 Å². The summed E-state index contributed by atoms with van der Waals surface area (Å²) < 4.78 is 29.7. The number of amides is 2. The lowest BCUT2D eigenvalue weighted by Gasteiger charge is -2.27. The van der Waals surface area contributed by atoms with Crippen molar-refractivity contribution in [2.45, 2.75) is 25.9 Å². The van der Waals surface area contributed by atoms with Crippen LogP contribution in [0.25, 0.3) is 0 Å². The second kappa shape index (κ2) is 8.44. The Balaban J connectivity index is 1.38. The molecular formula is C20H20F2N6O2. The van der Waals surface area contributed by atoms with E-state index in [4.69, 9.17) is 0 Å². The number of H-pyrrole nitrogens is 1. The Hall–Kier alpha value is -3.56. The van der Waals surface area contributed by atoms with Gasteiger partial charge in [-0.3, -0.25) is 19.4 Å². The molecule has 1 aromatic carbocycles. The smallest absolute Gasteiger partial charge is 0.272 e. The van der Waals surface area contributed by atoms with Gasteiger partial charge in [0.2, 0.25) is 0 Å². The molecule has 8 nitrogen and oxygen atoms in total. The monoisotopic (exact) mass is 414 g/mol. The summed E-state index contributed by atoms with van der Waals surface area (Å²) in [6.45, 7) is 1.49. The zero-order chi connectivity index (χ0) is 21.1. The Morgan fingerprint density at radius 1 is 1.20 bits per heavy atom. The van der Waals surface area contributed by atoms with Crippen molar-refractivity contribution in [3.05, 3.63) is 70.8 Å². The standard InChI is InChI=1S/C20H20F2N6O2/c21-14-4-1-5-15(22)17(14)20(30)27-11-6-13-16(12-27)25-26-18(13)19(29)23-7-2-9-28-10-3-8-24-28/h1,3-5,8,10H,2,6-7,9,11-12H2,(H,23,29)(H,25,26). The molecule has 0 spiro atoms. The van der Waals surface area contributed by atoms with Gasteiger partial charge in [-0.1, -0.05) is 6.07 Å². The molecule has 4 rings (SSSR count). The first-order chi connectivity index (χ1) is 14.5. The molecule has 2 amide bonds. The van der Waals surface area contributed by atoms with Gasteiger partial charge in [0.05, 0.1) is 12.2 Å². The molecular weight excluding hydrogens is 394 g/mol. The lowest BCUT2D eigenvalue weighted by Crippen LogP contribution is -2.37. The number of aryl methyl sites for hydroxylation is 1. The predicted octanol–water partition coefficient (Wildman–Crippen LogP) is 1.90. The minimum Gasteiger partial charge on any atom is -0.351 e. The highest BCUT2D eigenvalue weighted by molar-refractivity contribution is 5.96. The van der Waals surface area contributed by atoms with Crippen LogP contribution in [-0.4, -0.2) is 49.8 Å². The molecule has 0 bridgehead atoms. The third-order valence-electron chi connectivity index (χ3n) is 5.02. The molecule has 30 heavy (non-hydrogen) atoms. The van der Waals surface area contributed by atoms with Gasteiger partial charge in [-0.15, -0.1) is 0 Å². The summed E-state index contributed by atoms with van der Waals surface area (Å²) in [6, 6.07) is 5.15. The van der Waals surface area contributed by atoms with Gasteiger partial charge in [0.25, 0.3) is 11.8 Å². The van der Waals surface area contributed by atoms with E-state index in [1.54, 1.807) is 10.9 Å². The first kappa shape index (κ1) is 19.7. The highest BCUT2D eigenvalue weighted by Crippen LogP contribution is 2.23. The highest BCUT2D eigenvalue weighted by atomic mass is 19.1. The highest BCUT2D eigenvalue weighted by Gasteiger charge is 2.30. The van der Waals surface area contributed by atoms with Crippen molar-refractivity contribution in [1.82, 2.24) is 30.2 Å². The Kier molecular flexibility index (Phi) is 5.55. The average molecular weight is 414 g/mol. The van der Waals surface area contributed by atoms with Crippen LogP contribution in [0, 0.1) is 11.6 Å². The Morgan fingerprint density at radius 3 is 2.73 bits per heavy atom. The van der Waals surface area contributed by atoms with E-state index >= 15 is 0 Å². The lowest BCUT2D eigenvalue weighted by atomic mass is 10.0. The SMILES string of the molecule is O=C(NCCCn1cccn1)c1n[nH]c2c1CCN(C(=O)c1c(F)cccc1F)C2. The van der Waals surface area contributed by atoms with Crippen molar-refractivity contribution in [2.24, 2.45) is 0 Å². The molecule has 2 aromatic heterocycles. The Bertz CT molecular complexity index is 1040. The summed E-state index contributed by atoms with van der Waals surface area (Å²) in [7, 11) is 0. The maximum absolute atomic E-state index is 13.9. The fourth-order valence-corrected chi connectivity index (χ4v) is 3.50. The molecule has 1 aliphatic heterocycles. The van der Waals surface area contributed by atoms with Gasteiger partial charge in [-0.2, -0.15) is 10.2 Å². The van der Waals surface area contributed by atoms with Crippen molar-refractivity contribution >= 4 is 11.8 Å². The van der Waals surface area contributed by atoms with E-state index in [1.807, 2.05) is 12.3 Å². The number of halogens is 2. The predicted molar refractivity (Wildman–Crippen MR) is 103 cm³/mol. The van der Waals surface area contributed by atoms with Gasteiger partial charge in [-0.05, 0) is 31.0 Å². The number of aromatic nitrogens is 4. The van der Waals surface area contributed by atoms with E-state index in [0.717, 1.165) is 24.1 Å². The summed E-state index contributed by atoms with van der Waals surface area (Å²) >= 11 is 0. The maximum Gasteiger partial charge on any atom is 0.272 e. The van der Waals surface area contributed by atoms with Gasteiger partial charge >= 0.3 is 0 Å². The van der Waals surface area contributed by atoms with E-state index < -0.39 is 23.1 Å². The third-order valence-corrected chi connectivity index (χ3v) is 5.02. The van der Waals surface area contributed by atoms with E-state index in [9.17, 15) is 18.4 Å². The molecule has 10 heteroatoms. The fourth-order valence-electron chi connectivity index (χ4n) is 3.50. The minimum absolute atomic E-state index is 0.0987. The van der Waals surface area contributed by atoms with E-state index in [2.05, 4.69) is 20.6 Å². The quantitative estimate of drug-likeness (QED) is 0.603. The normalized spacial score (nSPS) is 13.2. The summed E-state index contributed by atoms with van der Waals surface area (Å²) in [4.78, 5) is 26.4. The maximum atomic E-state index is 13.9. The molecule has 3 aromatic rings. The summed E-state index contributed by atoms with van der Waals surface area (Å²) in [5.41, 5.74) is 1.02. The zero-order valence-corrected chi connectivity index (χ0v) is 16.1. The molecule has 3 heterocycles. The number of hydrogen-bond donors (Lipinski definition) is 2. The average Bonchev–Trinajstić information content (AvgIpc) is 3.40. The molecule has 1 aliphatic rings. The second-order valence-corrected chi connectivity index (χ2v) is 6.98. The number of fused-ring (bicyclic) bond motifs is 1. The molecule has 156 valence electrons. The van der Waals surface area contributed by atoms with Crippen LogP contribution in [0.3, 0.4) is 0 Å². The molecule has 0 fully saturated rings. The summed E-state index contributed by atoms with van der Waals surface area (Å²) in [5.74, 6) is -2.82. The first-order valence-corrected chi connectivity index (χ1v) is 9.59. The van der Waals surface area contributed by atoms with Gasteiger partial charge < -0.3 is 10.2 Å². The topological polar surface area (TPSA) is 95.9 Å². The number of nitrogens with one attached hydrogen (secondary N) is 2. The molecule has 0 saturated carbocycles. The van der Waals surface area contributed by atoms with E-state index in [1.165, 1.54) is 11.0 Å². The minimum atomic E-state index is -0.898. The molecule has 0 unspecified atom stereocenters. The van der Waals surface area contributed by atoms with Crippen molar-refractivity contribution < 1.29 is 18.4 Å². The van der Waals surface area contributed by atoms with Crippen molar-refractivity contribution in [3.63, 3.8) is 0 Å². The van der Waals surface area contributed by atoms with Gasteiger partial charge in [0.15, 0.2) is 5.69 Å². The van der Waals surface area contributed by atoms with Crippen molar-refractivity contribution in [2.75, 3.05) is 13.1 Å². The number of nitrogens with zero attached hydrogens (tertiary/aromatic N) is 4. The van der Waals surface area contributed by atoms with Gasteiger partial charge in [-0.25, -0.2) is 8.78 Å². The van der Waals surface area contributed by atoms with Gasteiger partial charge in [0.1, 0.15) is 17.2 Å². The largest absolute Gasteiger partial charge is 0.351 e. The lowest BCUT2D eigenvalue weighted by molar-refractivity contribution is 0.0722. The van der Waals surface area contributed by atoms with Crippen LogP contribution in [-0.2, 0) is 19.5 Å². The molecule has 0 aliphatic carbocycles.